The number of fused-ring (bicyclic) bond motifs is 1. The highest BCUT2D eigenvalue weighted by atomic mass is 16.6. The Morgan fingerprint density at radius 1 is 0.879 bits per heavy atom. The van der Waals surface area contributed by atoms with Gasteiger partial charge in [-0.15, -0.1) is 0 Å². The van der Waals surface area contributed by atoms with E-state index < -0.39 is 0 Å². The van der Waals surface area contributed by atoms with E-state index in [9.17, 15) is 4.79 Å². The molecule has 2 aromatic rings. The Hall–Kier alpha value is -2.57. The zero-order valence-corrected chi connectivity index (χ0v) is 19.4. The lowest BCUT2D eigenvalue weighted by Gasteiger charge is -2.36. The molecule has 2 aliphatic heterocycles. The maximum Gasteiger partial charge on any atom is 0.234 e. The van der Waals surface area contributed by atoms with Gasteiger partial charge in [-0.3, -0.25) is 9.69 Å². The Labute approximate surface area is 196 Å². The van der Waals surface area contributed by atoms with Crippen LogP contribution in [0.3, 0.4) is 0 Å². The molecule has 0 radical (unpaired) electrons. The molecule has 2 aromatic carbocycles. The highest BCUT2D eigenvalue weighted by molar-refractivity contribution is 5.79. The van der Waals surface area contributed by atoms with Crippen LogP contribution in [0.25, 0.3) is 0 Å². The number of piperazine rings is 1. The Balaban J connectivity index is 1.14. The average Bonchev–Trinajstić information content (AvgIpc) is 3.33. The fraction of sp³-hybridized carbons (Fsp3) is 0.519. The Kier molecular flexibility index (Phi) is 6.83. The van der Waals surface area contributed by atoms with Crippen LogP contribution in [-0.2, 0) is 16.8 Å². The molecule has 176 valence electrons. The number of hydrogen-bond donors (Lipinski definition) is 1. The van der Waals surface area contributed by atoms with E-state index in [0.29, 0.717) is 19.8 Å². The third-order valence-electron chi connectivity index (χ3n) is 7.32. The molecule has 1 amide bonds. The predicted octanol–water partition coefficient (Wildman–Crippen LogP) is 3.20. The van der Waals surface area contributed by atoms with Gasteiger partial charge in [0.25, 0.3) is 0 Å². The maximum atomic E-state index is 13.1. The van der Waals surface area contributed by atoms with E-state index in [-0.39, 0.29) is 11.4 Å². The van der Waals surface area contributed by atoms with Gasteiger partial charge in [-0.2, -0.15) is 0 Å². The van der Waals surface area contributed by atoms with Gasteiger partial charge in [0.2, 0.25) is 5.91 Å². The molecule has 6 nitrogen and oxygen atoms in total. The number of nitrogens with one attached hydrogen (secondary N) is 1. The van der Waals surface area contributed by atoms with Gasteiger partial charge in [-0.25, -0.2) is 0 Å². The SMILES string of the molecule is O=C(CN1CCN(CCc2ccccc2)CC1)NC1(c2ccc3c(c2)OCCO3)CCCC1. The van der Waals surface area contributed by atoms with Crippen molar-refractivity contribution in [1.29, 1.82) is 0 Å². The zero-order chi connectivity index (χ0) is 22.5. The van der Waals surface area contributed by atoms with E-state index in [2.05, 4.69) is 57.6 Å². The summed E-state index contributed by atoms with van der Waals surface area (Å²) in [6.07, 6.45) is 5.31. The lowest BCUT2D eigenvalue weighted by molar-refractivity contribution is -0.124. The van der Waals surface area contributed by atoms with Crippen molar-refractivity contribution >= 4 is 5.91 Å². The molecule has 1 saturated carbocycles. The van der Waals surface area contributed by atoms with Gasteiger partial charge >= 0.3 is 0 Å². The standard InChI is InChI=1S/C27H35N3O3/c31-26(21-30-16-14-29(15-17-30)13-10-22-6-2-1-3-7-22)28-27(11-4-5-12-27)23-8-9-24-25(20-23)33-19-18-32-24/h1-3,6-9,20H,4-5,10-19,21H2,(H,28,31). The summed E-state index contributed by atoms with van der Waals surface area (Å²) >= 11 is 0. The molecule has 33 heavy (non-hydrogen) atoms. The largest absolute Gasteiger partial charge is 0.486 e. The first kappa shape index (κ1) is 22.2. The molecule has 1 aliphatic carbocycles. The summed E-state index contributed by atoms with van der Waals surface area (Å²) in [6.45, 7) is 6.65. The first-order valence-corrected chi connectivity index (χ1v) is 12.4. The predicted molar refractivity (Wildman–Crippen MR) is 129 cm³/mol. The number of amides is 1. The monoisotopic (exact) mass is 449 g/mol. The minimum atomic E-state index is -0.287. The van der Waals surface area contributed by atoms with E-state index in [1.54, 1.807) is 0 Å². The van der Waals surface area contributed by atoms with Gasteiger partial charge in [0.1, 0.15) is 13.2 Å². The molecule has 0 spiro atoms. The van der Waals surface area contributed by atoms with Gasteiger partial charge in [-0.1, -0.05) is 49.2 Å². The molecule has 2 fully saturated rings. The molecular weight excluding hydrogens is 414 g/mol. The van der Waals surface area contributed by atoms with Crippen LogP contribution >= 0.6 is 0 Å². The molecule has 6 heteroatoms. The van der Waals surface area contributed by atoms with Crippen LogP contribution in [0, 0.1) is 0 Å². The summed E-state index contributed by atoms with van der Waals surface area (Å²) in [5.41, 5.74) is 2.24. The van der Waals surface area contributed by atoms with Crippen molar-refractivity contribution in [2.75, 3.05) is 52.5 Å². The normalized spacial score (nSPS) is 20.5. The molecule has 2 heterocycles. The summed E-state index contributed by atoms with van der Waals surface area (Å²) < 4.78 is 11.5. The topological polar surface area (TPSA) is 54.0 Å². The first-order chi connectivity index (χ1) is 16.2. The van der Waals surface area contributed by atoms with E-state index in [1.807, 2.05) is 6.07 Å². The number of hydrogen-bond acceptors (Lipinski definition) is 5. The molecule has 0 unspecified atom stereocenters. The summed E-state index contributed by atoms with van der Waals surface area (Å²) in [4.78, 5) is 17.9. The summed E-state index contributed by atoms with van der Waals surface area (Å²) in [7, 11) is 0. The minimum absolute atomic E-state index is 0.129. The minimum Gasteiger partial charge on any atom is -0.486 e. The number of carbonyl (C=O) groups excluding carboxylic acids is 1. The van der Waals surface area contributed by atoms with Crippen LogP contribution in [0.1, 0.15) is 36.8 Å². The molecule has 1 saturated heterocycles. The van der Waals surface area contributed by atoms with Gasteiger partial charge in [-0.05, 0) is 42.5 Å². The van der Waals surface area contributed by atoms with Gasteiger partial charge in [0.05, 0.1) is 12.1 Å². The number of nitrogens with zero attached hydrogens (tertiary/aromatic N) is 2. The molecule has 1 N–H and O–H groups in total. The first-order valence-electron chi connectivity index (χ1n) is 12.4. The van der Waals surface area contributed by atoms with E-state index in [0.717, 1.165) is 81.9 Å². The van der Waals surface area contributed by atoms with E-state index in [4.69, 9.17) is 9.47 Å². The van der Waals surface area contributed by atoms with Crippen LogP contribution in [0.15, 0.2) is 48.5 Å². The van der Waals surface area contributed by atoms with Crippen molar-refractivity contribution in [2.24, 2.45) is 0 Å². The van der Waals surface area contributed by atoms with Crippen molar-refractivity contribution in [3.8, 4) is 11.5 Å². The Morgan fingerprint density at radius 2 is 1.58 bits per heavy atom. The zero-order valence-electron chi connectivity index (χ0n) is 19.4. The van der Waals surface area contributed by atoms with Crippen molar-refractivity contribution in [3.05, 3.63) is 59.7 Å². The van der Waals surface area contributed by atoms with Crippen LogP contribution < -0.4 is 14.8 Å². The van der Waals surface area contributed by atoms with Crippen LogP contribution in [0.2, 0.25) is 0 Å². The van der Waals surface area contributed by atoms with Crippen LogP contribution in [0.4, 0.5) is 0 Å². The summed E-state index contributed by atoms with van der Waals surface area (Å²) in [5, 5.41) is 3.43. The lowest BCUT2D eigenvalue weighted by Crippen LogP contribution is -2.52. The maximum absolute atomic E-state index is 13.1. The molecular formula is C27H35N3O3. The van der Waals surface area contributed by atoms with Gasteiger partial charge in [0.15, 0.2) is 11.5 Å². The molecule has 0 bridgehead atoms. The highest BCUT2D eigenvalue weighted by Crippen LogP contribution is 2.42. The summed E-state index contributed by atoms with van der Waals surface area (Å²) in [5.74, 6) is 1.73. The van der Waals surface area contributed by atoms with Crippen molar-refractivity contribution < 1.29 is 14.3 Å². The fourth-order valence-corrected chi connectivity index (χ4v) is 5.42. The van der Waals surface area contributed by atoms with Gasteiger partial charge < -0.3 is 19.7 Å². The molecule has 0 aromatic heterocycles. The second-order valence-electron chi connectivity index (χ2n) is 9.55. The number of benzene rings is 2. The lowest BCUT2D eigenvalue weighted by atomic mass is 9.87. The van der Waals surface area contributed by atoms with Crippen molar-refractivity contribution in [3.63, 3.8) is 0 Å². The third kappa shape index (κ3) is 5.33. The second kappa shape index (κ2) is 10.1. The summed E-state index contributed by atoms with van der Waals surface area (Å²) in [6, 6.07) is 16.8. The van der Waals surface area contributed by atoms with Crippen molar-refractivity contribution in [2.45, 2.75) is 37.6 Å². The average molecular weight is 450 g/mol. The van der Waals surface area contributed by atoms with E-state index >= 15 is 0 Å². The third-order valence-corrected chi connectivity index (χ3v) is 7.32. The molecule has 3 aliphatic rings. The number of carbonyl (C=O) groups is 1. The fourth-order valence-electron chi connectivity index (χ4n) is 5.42. The van der Waals surface area contributed by atoms with E-state index in [1.165, 1.54) is 5.56 Å². The Morgan fingerprint density at radius 3 is 2.33 bits per heavy atom. The quantitative estimate of drug-likeness (QED) is 0.704. The highest BCUT2D eigenvalue weighted by Gasteiger charge is 2.38. The molecule has 5 rings (SSSR count). The van der Waals surface area contributed by atoms with Crippen molar-refractivity contribution in [1.82, 2.24) is 15.1 Å². The number of ether oxygens (including phenoxy) is 2. The molecule has 0 atom stereocenters. The smallest absolute Gasteiger partial charge is 0.234 e. The van der Waals surface area contributed by atoms with Gasteiger partial charge in [0, 0.05) is 32.7 Å². The number of rotatable bonds is 7. The van der Waals surface area contributed by atoms with Crippen LogP contribution in [-0.4, -0.2) is 68.2 Å². The second-order valence-corrected chi connectivity index (χ2v) is 9.55. The Bertz CT molecular complexity index is 935. The van der Waals surface area contributed by atoms with Crippen LogP contribution in [0.5, 0.6) is 11.5 Å².